The molecule has 1 rings (SSSR count). The Bertz CT molecular complexity index is 483. The lowest BCUT2D eigenvalue weighted by atomic mass is 10.2. The first-order valence-electron chi connectivity index (χ1n) is 6.11. The summed E-state index contributed by atoms with van der Waals surface area (Å²) in [5, 5.41) is 11.4. The van der Waals surface area contributed by atoms with Crippen molar-refractivity contribution in [3.63, 3.8) is 0 Å². The molecule has 0 fully saturated rings. The van der Waals surface area contributed by atoms with Crippen LogP contribution in [0.5, 0.6) is 0 Å². The molecule has 6 heteroatoms. The number of nitro groups is 1. The summed E-state index contributed by atoms with van der Waals surface area (Å²) in [5.41, 5.74) is 0.588. The lowest BCUT2D eigenvalue weighted by Crippen LogP contribution is -2.40. The minimum Gasteiger partial charge on any atom is -0.412 e. The number of hydrogen-bond acceptors (Lipinski definition) is 3. The molecule has 0 amide bonds. The zero-order valence-electron chi connectivity index (χ0n) is 12.0. The van der Waals surface area contributed by atoms with Gasteiger partial charge in [0.05, 0.1) is 17.1 Å². The Morgan fingerprint density at radius 2 is 1.95 bits per heavy atom. The molecule has 0 radical (unpaired) electrons. The average Bonchev–Trinajstić information content (AvgIpc) is 2.25. The summed E-state index contributed by atoms with van der Waals surface area (Å²) >= 11 is 5.79. The van der Waals surface area contributed by atoms with Crippen LogP contribution in [0, 0.1) is 10.1 Å². The third-order valence-corrected chi connectivity index (χ3v) is 8.35. The van der Waals surface area contributed by atoms with Crippen molar-refractivity contribution in [2.24, 2.45) is 0 Å². The summed E-state index contributed by atoms with van der Waals surface area (Å²) in [6.07, 6.45) is 0. The average molecular weight is 302 g/mol. The van der Waals surface area contributed by atoms with Crippen LogP contribution in [-0.4, -0.2) is 13.2 Å². The van der Waals surface area contributed by atoms with E-state index in [0.29, 0.717) is 10.6 Å². The van der Waals surface area contributed by atoms with Crippen molar-refractivity contribution in [2.45, 2.75) is 45.5 Å². The largest absolute Gasteiger partial charge is 0.412 e. The highest BCUT2D eigenvalue weighted by atomic mass is 35.5. The second-order valence-electron chi connectivity index (χ2n) is 6.08. The molecule has 0 N–H and O–H groups in total. The predicted octanol–water partition coefficient (Wildman–Crippen LogP) is 4.77. The smallest absolute Gasteiger partial charge is 0.276 e. The van der Waals surface area contributed by atoms with Crippen molar-refractivity contribution in [1.82, 2.24) is 0 Å². The van der Waals surface area contributed by atoms with Crippen LogP contribution in [0.3, 0.4) is 0 Å². The standard InChI is InChI=1S/C13H20ClNO3Si/c1-13(2,3)19(4,5)18-9-10-6-7-11(14)8-12(10)15(16)17/h6-8H,9H2,1-5H3. The molecule has 0 aromatic heterocycles. The van der Waals surface area contributed by atoms with E-state index in [1.807, 2.05) is 0 Å². The molecule has 0 bridgehead atoms. The summed E-state index contributed by atoms with van der Waals surface area (Å²) < 4.78 is 6.00. The lowest BCUT2D eigenvalue weighted by molar-refractivity contribution is -0.385. The van der Waals surface area contributed by atoms with Gasteiger partial charge in [-0.3, -0.25) is 10.1 Å². The van der Waals surface area contributed by atoms with E-state index in [1.165, 1.54) is 6.07 Å². The minimum absolute atomic E-state index is 0.0196. The highest BCUT2D eigenvalue weighted by molar-refractivity contribution is 6.74. The van der Waals surface area contributed by atoms with E-state index in [1.54, 1.807) is 12.1 Å². The Morgan fingerprint density at radius 3 is 2.42 bits per heavy atom. The first-order chi connectivity index (χ1) is 8.54. The molecule has 0 atom stereocenters. The van der Waals surface area contributed by atoms with Gasteiger partial charge in [-0.1, -0.05) is 32.4 Å². The van der Waals surface area contributed by atoms with Gasteiger partial charge in [-0.2, -0.15) is 0 Å². The summed E-state index contributed by atoms with van der Waals surface area (Å²) in [7, 11) is -1.91. The van der Waals surface area contributed by atoms with E-state index in [4.69, 9.17) is 16.0 Å². The quantitative estimate of drug-likeness (QED) is 0.457. The Kier molecular flexibility index (Phi) is 4.76. The topological polar surface area (TPSA) is 52.4 Å². The summed E-state index contributed by atoms with van der Waals surface area (Å²) in [6.45, 7) is 10.9. The summed E-state index contributed by atoms with van der Waals surface area (Å²) in [5.74, 6) is 0. The molecule has 19 heavy (non-hydrogen) atoms. The van der Waals surface area contributed by atoms with Gasteiger partial charge in [0.1, 0.15) is 0 Å². The predicted molar refractivity (Wildman–Crippen MR) is 80.1 cm³/mol. The second kappa shape index (κ2) is 5.61. The van der Waals surface area contributed by atoms with Gasteiger partial charge in [-0.15, -0.1) is 0 Å². The van der Waals surface area contributed by atoms with Gasteiger partial charge in [-0.25, -0.2) is 0 Å². The van der Waals surface area contributed by atoms with Crippen LogP contribution in [0.25, 0.3) is 0 Å². The van der Waals surface area contributed by atoms with Crippen LogP contribution < -0.4 is 0 Å². The second-order valence-corrected chi connectivity index (χ2v) is 11.3. The van der Waals surface area contributed by atoms with Crippen LogP contribution in [0.15, 0.2) is 18.2 Å². The van der Waals surface area contributed by atoms with Gasteiger partial charge in [-0.05, 0) is 30.3 Å². The van der Waals surface area contributed by atoms with Gasteiger partial charge < -0.3 is 4.43 Å². The monoisotopic (exact) mass is 301 g/mol. The molecule has 0 aliphatic carbocycles. The molecule has 0 spiro atoms. The number of nitro benzene ring substituents is 1. The first kappa shape index (κ1) is 16.1. The van der Waals surface area contributed by atoms with E-state index in [0.717, 1.165) is 0 Å². The van der Waals surface area contributed by atoms with E-state index in [-0.39, 0.29) is 17.3 Å². The van der Waals surface area contributed by atoms with Crippen molar-refractivity contribution in [3.05, 3.63) is 38.9 Å². The Hall–Kier alpha value is -0.913. The third-order valence-electron chi connectivity index (χ3n) is 3.64. The minimum atomic E-state index is -1.91. The molecule has 106 valence electrons. The molecule has 1 aromatic carbocycles. The van der Waals surface area contributed by atoms with Crippen molar-refractivity contribution in [2.75, 3.05) is 0 Å². The molecule has 0 unspecified atom stereocenters. The molecular weight excluding hydrogens is 282 g/mol. The van der Waals surface area contributed by atoms with Crippen LogP contribution in [-0.2, 0) is 11.0 Å². The SMILES string of the molecule is CC(C)(C)[Si](C)(C)OCc1ccc(Cl)cc1[N+](=O)[O-]. The number of benzene rings is 1. The zero-order chi connectivity index (χ0) is 14.8. The van der Waals surface area contributed by atoms with Crippen LogP contribution in [0.4, 0.5) is 5.69 Å². The fourth-order valence-electron chi connectivity index (χ4n) is 1.30. The highest BCUT2D eigenvalue weighted by Crippen LogP contribution is 2.37. The summed E-state index contributed by atoms with van der Waals surface area (Å²) in [4.78, 5) is 10.6. The normalized spacial score (nSPS) is 12.5. The third kappa shape index (κ3) is 4.02. The zero-order valence-corrected chi connectivity index (χ0v) is 13.7. The maximum atomic E-state index is 11.0. The molecule has 4 nitrogen and oxygen atoms in total. The van der Waals surface area contributed by atoms with E-state index in [9.17, 15) is 10.1 Å². The molecule has 0 saturated carbocycles. The molecule has 0 aliphatic rings. The van der Waals surface area contributed by atoms with Gasteiger partial charge in [0, 0.05) is 11.1 Å². The molecule has 0 heterocycles. The summed E-state index contributed by atoms with van der Waals surface area (Å²) in [6, 6.07) is 4.68. The van der Waals surface area contributed by atoms with E-state index in [2.05, 4.69) is 33.9 Å². The van der Waals surface area contributed by atoms with Crippen LogP contribution in [0.2, 0.25) is 23.2 Å². The van der Waals surface area contributed by atoms with Crippen molar-refractivity contribution in [3.8, 4) is 0 Å². The van der Waals surface area contributed by atoms with E-state index < -0.39 is 13.2 Å². The number of rotatable bonds is 4. The number of nitrogens with zero attached hydrogens (tertiary/aromatic N) is 1. The van der Waals surface area contributed by atoms with E-state index >= 15 is 0 Å². The van der Waals surface area contributed by atoms with Gasteiger partial charge in [0.25, 0.3) is 5.69 Å². The molecular formula is C13H20ClNO3Si. The molecule has 1 aromatic rings. The first-order valence-corrected chi connectivity index (χ1v) is 9.40. The Labute approximate surface area is 120 Å². The number of halogens is 1. The van der Waals surface area contributed by atoms with Gasteiger partial charge >= 0.3 is 0 Å². The van der Waals surface area contributed by atoms with Crippen LogP contribution in [0.1, 0.15) is 26.3 Å². The number of hydrogen-bond donors (Lipinski definition) is 0. The maximum absolute atomic E-state index is 11.0. The van der Waals surface area contributed by atoms with Crippen molar-refractivity contribution in [1.29, 1.82) is 0 Å². The lowest BCUT2D eigenvalue weighted by Gasteiger charge is -2.36. The van der Waals surface area contributed by atoms with Gasteiger partial charge in [0.2, 0.25) is 0 Å². The maximum Gasteiger partial charge on any atom is 0.276 e. The molecule has 0 aliphatic heterocycles. The van der Waals surface area contributed by atoms with Crippen LogP contribution >= 0.6 is 11.6 Å². The highest BCUT2D eigenvalue weighted by Gasteiger charge is 2.37. The fraction of sp³-hybridized carbons (Fsp3) is 0.538. The Balaban J connectivity index is 2.93. The van der Waals surface area contributed by atoms with Crippen molar-refractivity contribution >= 4 is 25.6 Å². The Morgan fingerprint density at radius 1 is 1.37 bits per heavy atom. The molecule has 0 saturated heterocycles. The van der Waals surface area contributed by atoms with Gasteiger partial charge in [0.15, 0.2) is 8.32 Å². The van der Waals surface area contributed by atoms with Crippen molar-refractivity contribution < 1.29 is 9.35 Å². The fourth-order valence-corrected chi connectivity index (χ4v) is 2.42.